The molecule has 110 valence electrons. The van der Waals surface area contributed by atoms with Crippen molar-refractivity contribution < 1.29 is 9.21 Å². The van der Waals surface area contributed by atoms with Crippen LogP contribution in [0.3, 0.4) is 0 Å². The van der Waals surface area contributed by atoms with Crippen molar-refractivity contribution in [3.63, 3.8) is 0 Å². The van der Waals surface area contributed by atoms with E-state index in [1.807, 2.05) is 61.5 Å². The van der Waals surface area contributed by atoms with Crippen LogP contribution >= 0.6 is 0 Å². The number of hydrogen-bond donors (Lipinski definition) is 1. The number of nitrogens with one attached hydrogen (secondary N) is 1. The number of hydrogen-bond acceptors (Lipinski definition) is 4. The Labute approximate surface area is 128 Å². The van der Waals surface area contributed by atoms with Crippen LogP contribution in [0.15, 0.2) is 59.0 Å². The first kappa shape index (κ1) is 14.0. The lowest BCUT2D eigenvalue weighted by Gasteiger charge is -2.02. The molecule has 0 aliphatic heterocycles. The van der Waals surface area contributed by atoms with Crippen LogP contribution in [0.25, 0.3) is 11.5 Å². The maximum Gasteiger partial charge on any atom is 0.309 e. The number of carbonyl (C=O) groups excluding carboxylic acids is 1. The van der Waals surface area contributed by atoms with Gasteiger partial charge in [0, 0.05) is 12.1 Å². The largest absolute Gasteiger partial charge is 0.412 e. The van der Waals surface area contributed by atoms with E-state index in [1.165, 1.54) is 5.56 Å². The average molecular weight is 293 g/mol. The van der Waals surface area contributed by atoms with Gasteiger partial charge in [0.05, 0.1) is 0 Å². The molecule has 5 heteroatoms. The second-order valence-corrected chi connectivity index (χ2v) is 4.95. The van der Waals surface area contributed by atoms with Crippen LogP contribution in [0.1, 0.15) is 21.8 Å². The molecule has 1 amide bonds. The maximum absolute atomic E-state index is 12.0. The normalized spacial score (nSPS) is 10.4. The highest BCUT2D eigenvalue weighted by Crippen LogP contribution is 2.16. The Hall–Kier alpha value is -2.95. The Kier molecular flexibility index (Phi) is 3.96. The van der Waals surface area contributed by atoms with E-state index < -0.39 is 0 Å². The summed E-state index contributed by atoms with van der Waals surface area (Å²) in [7, 11) is 0. The van der Waals surface area contributed by atoms with Gasteiger partial charge < -0.3 is 9.73 Å². The van der Waals surface area contributed by atoms with E-state index in [2.05, 4.69) is 15.5 Å². The second kappa shape index (κ2) is 6.22. The van der Waals surface area contributed by atoms with Crippen molar-refractivity contribution in [3.8, 4) is 11.5 Å². The van der Waals surface area contributed by atoms with Gasteiger partial charge in [0.2, 0.25) is 5.89 Å². The standard InChI is InChI=1S/C17H15N3O2/c1-12-7-9-13(10-8-12)11-18-15(21)17-20-19-16(22-17)14-5-3-2-4-6-14/h2-10H,11H2,1H3,(H,18,21). The smallest absolute Gasteiger partial charge is 0.309 e. The SMILES string of the molecule is Cc1ccc(CNC(=O)c2nnc(-c3ccccc3)o2)cc1. The third-order valence-electron chi connectivity index (χ3n) is 3.21. The Morgan fingerprint density at radius 2 is 1.77 bits per heavy atom. The van der Waals surface area contributed by atoms with Gasteiger partial charge in [-0.25, -0.2) is 0 Å². The molecule has 1 aromatic heterocycles. The summed E-state index contributed by atoms with van der Waals surface area (Å²) in [5.74, 6) is -0.0812. The van der Waals surface area contributed by atoms with Crippen molar-refractivity contribution in [1.29, 1.82) is 0 Å². The summed E-state index contributed by atoms with van der Waals surface area (Å²) in [6.45, 7) is 2.44. The maximum atomic E-state index is 12.0. The summed E-state index contributed by atoms with van der Waals surface area (Å²) >= 11 is 0. The number of aryl methyl sites for hydroxylation is 1. The minimum atomic E-state index is -0.379. The van der Waals surface area contributed by atoms with Gasteiger partial charge >= 0.3 is 11.8 Å². The molecule has 0 bridgehead atoms. The van der Waals surface area contributed by atoms with Gasteiger partial charge in [-0.2, -0.15) is 0 Å². The van der Waals surface area contributed by atoms with Crippen molar-refractivity contribution in [3.05, 3.63) is 71.6 Å². The molecule has 3 aromatic rings. The lowest BCUT2D eigenvalue weighted by atomic mass is 10.1. The van der Waals surface area contributed by atoms with Crippen LogP contribution in [0.2, 0.25) is 0 Å². The molecule has 0 saturated carbocycles. The third-order valence-corrected chi connectivity index (χ3v) is 3.21. The molecule has 0 saturated heterocycles. The molecular formula is C17H15N3O2. The molecule has 22 heavy (non-hydrogen) atoms. The summed E-state index contributed by atoms with van der Waals surface area (Å²) in [5, 5.41) is 10.5. The fourth-order valence-corrected chi connectivity index (χ4v) is 1.98. The fraction of sp³-hybridized carbons (Fsp3) is 0.118. The van der Waals surface area contributed by atoms with Crippen LogP contribution < -0.4 is 5.32 Å². The Morgan fingerprint density at radius 1 is 1.05 bits per heavy atom. The first-order chi connectivity index (χ1) is 10.7. The third kappa shape index (κ3) is 3.20. The zero-order chi connectivity index (χ0) is 15.4. The lowest BCUT2D eigenvalue weighted by molar-refractivity contribution is 0.0917. The number of benzene rings is 2. The molecule has 2 aromatic carbocycles. The molecule has 1 heterocycles. The van der Waals surface area contributed by atoms with Crippen LogP contribution in [0.5, 0.6) is 0 Å². The van der Waals surface area contributed by atoms with E-state index in [4.69, 9.17) is 4.42 Å². The Balaban J connectivity index is 1.66. The molecule has 0 atom stereocenters. The van der Waals surface area contributed by atoms with Crippen molar-refractivity contribution >= 4 is 5.91 Å². The van der Waals surface area contributed by atoms with Crippen LogP contribution in [-0.4, -0.2) is 16.1 Å². The fourth-order valence-electron chi connectivity index (χ4n) is 1.98. The van der Waals surface area contributed by atoms with Crippen molar-refractivity contribution in [2.24, 2.45) is 0 Å². The van der Waals surface area contributed by atoms with Gasteiger partial charge in [0.15, 0.2) is 0 Å². The van der Waals surface area contributed by atoms with E-state index in [0.29, 0.717) is 12.4 Å². The zero-order valence-corrected chi connectivity index (χ0v) is 12.1. The summed E-state index contributed by atoms with van der Waals surface area (Å²) in [6.07, 6.45) is 0. The number of carbonyl (C=O) groups is 1. The highest BCUT2D eigenvalue weighted by molar-refractivity contribution is 5.89. The highest BCUT2D eigenvalue weighted by Gasteiger charge is 2.15. The van der Waals surface area contributed by atoms with Crippen molar-refractivity contribution in [2.45, 2.75) is 13.5 Å². The molecule has 0 fully saturated rings. The molecular weight excluding hydrogens is 278 g/mol. The van der Waals surface area contributed by atoms with E-state index in [-0.39, 0.29) is 11.8 Å². The first-order valence-electron chi connectivity index (χ1n) is 6.95. The lowest BCUT2D eigenvalue weighted by Crippen LogP contribution is -2.23. The molecule has 3 rings (SSSR count). The van der Waals surface area contributed by atoms with Gasteiger partial charge in [0.1, 0.15) is 0 Å². The Bertz CT molecular complexity index is 764. The van der Waals surface area contributed by atoms with Crippen LogP contribution in [0.4, 0.5) is 0 Å². The quantitative estimate of drug-likeness (QED) is 0.803. The van der Waals surface area contributed by atoms with E-state index in [9.17, 15) is 4.79 Å². The van der Waals surface area contributed by atoms with Crippen LogP contribution in [0, 0.1) is 6.92 Å². The summed E-state index contributed by atoms with van der Waals surface area (Å²) in [4.78, 5) is 12.0. The predicted molar refractivity (Wildman–Crippen MR) is 82.1 cm³/mol. The molecule has 1 N–H and O–H groups in total. The van der Waals surface area contributed by atoms with Gasteiger partial charge in [0.25, 0.3) is 0 Å². The van der Waals surface area contributed by atoms with Gasteiger partial charge in [-0.05, 0) is 24.6 Å². The van der Waals surface area contributed by atoms with E-state index in [0.717, 1.165) is 11.1 Å². The van der Waals surface area contributed by atoms with Gasteiger partial charge in [-0.15, -0.1) is 10.2 Å². The number of amides is 1. The number of rotatable bonds is 4. The summed E-state index contributed by atoms with van der Waals surface area (Å²) in [5.41, 5.74) is 2.98. The molecule has 0 spiro atoms. The highest BCUT2D eigenvalue weighted by atomic mass is 16.4. The topological polar surface area (TPSA) is 68.0 Å². The minimum Gasteiger partial charge on any atom is -0.412 e. The average Bonchev–Trinajstić information content (AvgIpc) is 3.05. The number of aromatic nitrogens is 2. The van der Waals surface area contributed by atoms with Crippen LogP contribution in [-0.2, 0) is 6.54 Å². The first-order valence-corrected chi connectivity index (χ1v) is 6.95. The molecule has 0 aliphatic rings. The molecule has 0 radical (unpaired) electrons. The molecule has 0 aliphatic carbocycles. The van der Waals surface area contributed by atoms with E-state index in [1.54, 1.807) is 0 Å². The molecule has 0 unspecified atom stereocenters. The predicted octanol–water partition coefficient (Wildman–Crippen LogP) is 2.98. The Morgan fingerprint density at radius 3 is 2.50 bits per heavy atom. The van der Waals surface area contributed by atoms with Gasteiger partial charge in [-0.1, -0.05) is 48.0 Å². The van der Waals surface area contributed by atoms with E-state index >= 15 is 0 Å². The van der Waals surface area contributed by atoms with Crippen molar-refractivity contribution in [2.75, 3.05) is 0 Å². The van der Waals surface area contributed by atoms with Gasteiger partial charge in [-0.3, -0.25) is 4.79 Å². The second-order valence-electron chi connectivity index (χ2n) is 4.95. The minimum absolute atomic E-state index is 0.0361. The van der Waals surface area contributed by atoms with Crippen molar-refractivity contribution in [1.82, 2.24) is 15.5 Å². The number of nitrogens with zero attached hydrogens (tertiary/aromatic N) is 2. The zero-order valence-electron chi connectivity index (χ0n) is 12.1. The molecule has 5 nitrogen and oxygen atoms in total. The summed E-state index contributed by atoms with van der Waals surface area (Å²) < 4.78 is 5.40. The monoisotopic (exact) mass is 293 g/mol. The summed E-state index contributed by atoms with van der Waals surface area (Å²) in [6, 6.07) is 17.3.